The van der Waals surface area contributed by atoms with Gasteiger partial charge >= 0.3 is 11.7 Å². The predicted octanol–water partition coefficient (Wildman–Crippen LogP) is -0.225. The fraction of sp³-hybridized carbons (Fsp3) is 0.143. The topological polar surface area (TPSA) is 173 Å². The first-order valence-corrected chi connectivity index (χ1v) is 6.93. The first kappa shape index (κ1) is 18.4. The molecule has 136 valence electrons. The third kappa shape index (κ3) is 4.53. The second-order valence-electron chi connectivity index (χ2n) is 4.77. The van der Waals surface area contributed by atoms with E-state index in [1.54, 1.807) is 0 Å². The average Bonchev–Trinajstić information content (AvgIpc) is 2.58. The van der Waals surface area contributed by atoms with E-state index >= 15 is 0 Å². The number of esters is 1. The number of ether oxygens (including phenoxy) is 2. The highest BCUT2D eigenvalue weighted by Gasteiger charge is 2.16. The molecular formula is C14H12N4O8. The molecule has 12 nitrogen and oxygen atoms in total. The van der Waals surface area contributed by atoms with Crippen molar-refractivity contribution in [2.75, 3.05) is 19.0 Å². The first-order valence-electron chi connectivity index (χ1n) is 6.93. The van der Waals surface area contributed by atoms with E-state index in [1.807, 2.05) is 4.98 Å². The SMILES string of the molecule is COc1cc([N+](=O)[O-])ccc1NC(=O)COC(=O)c1cc(=O)[nH]c(=O)[nH]1. The molecule has 1 heterocycles. The van der Waals surface area contributed by atoms with E-state index < -0.39 is 40.3 Å². The first-order chi connectivity index (χ1) is 12.3. The van der Waals surface area contributed by atoms with E-state index in [4.69, 9.17) is 4.74 Å². The van der Waals surface area contributed by atoms with Crippen molar-refractivity contribution in [3.63, 3.8) is 0 Å². The fourth-order valence-corrected chi connectivity index (χ4v) is 1.87. The Labute approximate surface area is 143 Å². The number of non-ortho nitro benzene ring substituents is 1. The van der Waals surface area contributed by atoms with Crippen LogP contribution in [-0.4, -0.2) is 40.5 Å². The molecule has 1 amide bonds. The van der Waals surface area contributed by atoms with Crippen molar-refractivity contribution in [1.82, 2.24) is 9.97 Å². The van der Waals surface area contributed by atoms with E-state index in [9.17, 15) is 29.3 Å². The normalized spacial score (nSPS) is 10.0. The summed E-state index contributed by atoms with van der Waals surface area (Å²) in [6.45, 7) is -0.728. The second kappa shape index (κ2) is 7.74. The van der Waals surface area contributed by atoms with Gasteiger partial charge in [0.2, 0.25) is 0 Å². The lowest BCUT2D eigenvalue weighted by Gasteiger charge is -2.10. The van der Waals surface area contributed by atoms with Gasteiger partial charge < -0.3 is 19.8 Å². The minimum atomic E-state index is -1.08. The van der Waals surface area contributed by atoms with Crippen molar-refractivity contribution in [3.05, 3.63) is 60.9 Å². The van der Waals surface area contributed by atoms with Gasteiger partial charge in [-0.15, -0.1) is 0 Å². The maximum absolute atomic E-state index is 11.9. The number of carbonyl (C=O) groups excluding carboxylic acids is 2. The van der Waals surface area contributed by atoms with Crippen LogP contribution in [0.25, 0.3) is 0 Å². The number of benzene rings is 1. The van der Waals surface area contributed by atoms with Crippen LogP contribution < -0.4 is 21.3 Å². The number of amides is 1. The van der Waals surface area contributed by atoms with Crippen LogP contribution in [0.2, 0.25) is 0 Å². The number of methoxy groups -OCH3 is 1. The van der Waals surface area contributed by atoms with Crippen molar-refractivity contribution in [2.45, 2.75) is 0 Å². The van der Waals surface area contributed by atoms with Crippen molar-refractivity contribution in [2.24, 2.45) is 0 Å². The molecule has 12 heteroatoms. The third-order valence-corrected chi connectivity index (χ3v) is 2.98. The number of rotatable bonds is 6. The summed E-state index contributed by atoms with van der Waals surface area (Å²) in [7, 11) is 1.26. The van der Waals surface area contributed by atoms with Crippen molar-refractivity contribution >= 4 is 23.3 Å². The summed E-state index contributed by atoms with van der Waals surface area (Å²) in [5, 5.41) is 13.1. The number of hydrogen-bond donors (Lipinski definition) is 3. The van der Waals surface area contributed by atoms with Crippen LogP contribution >= 0.6 is 0 Å². The predicted molar refractivity (Wildman–Crippen MR) is 86.2 cm³/mol. The number of H-pyrrole nitrogens is 2. The number of nitro benzene ring substituents is 1. The van der Waals surface area contributed by atoms with Crippen LogP contribution in [0.4, 0.5) is 11.4 Å². The van der Waals surface area contributed by atoms with Crippen LogP contribution in [-0.2, 0) is 9.53 Å². The molecule has 0 radical (unpaired) electrons. The molecule has 0 unspecified atom stereocenters. The molecule has 0 spiro atoms. The summed E-state index contributed by atoms with van der Waals surface area (Å²) in [6.07, 6.45) is 0. The highest BCUT2D eigenvalue weighted by atomic mass is 16.6. The molecule has 0 bridgehead atoms. The number of nitrogens with zero attached hydrogens (tertiary/aromatic N) is 1. The summed E-state index contributed by atoms with van der Waals surface area (Å²) in [5.74, 6) is -1.81. The molecule has 0 saturated carbocycles. The number of aromatic amines is 2. The minimum absolute atomic E-state index is 0.0396. The summed E-state index contributed by atoms with van der Waals surface area (Å²) >= 11 is 0. The number of hydrogen-bond acceptors (Lipinski definition) is 8. The zero-order chi connectivity index (χ0) is 19.3. The summed E-state index contributed by atoms with van der Waals surface area (Å²) in [5.41, 5.74) is -2.22. The largest absolute Gasteiger partial charge is 0.494 e. The van der Waals surface area contributed by atoms with Crippen LogP contribution in [0.3, 0.4) is 0 Å². The van der Waals surface area contributed by atoms with Crippen molar-refractivity contribution < 1.29 is 24.0 Å². The second-order valence-corrected chi connectivity index (χ2v) is 4.77. The number of aromatic nitrogens is 2. The summed E-state index contributed by atoms with van der Waals surface area (Å²) < 4.78 is 9.64. The molecule has 0 saturated heterocycles. The number of anilines is 1. The van der Waals surface area contributed by atoms with Gasteiger partial charge in [-0.25, -0.2) is 9.59 Å². The Kier molecular flexibility index (Phi) is 5.47. The molecule has 2 rings (SSSR count). The van der Waals surface area contributed by atoms with Gasteiger partial charge in [-0.1, -0.05) is 0 Å². The molecule has 2 aromatic rings. The quantitative estimate of drug-likeness (QED) is 0.358. The van der Waals surface area contributed by atoms with Gasteiger partial charge in [0.15, 0.2) is 6.61 Å². The van der Waals surface area contributed by atoms with Gasteiger partial charge in [-0.2, -0.15) is 0 Å². The summed E-state index contributed by atoms with van der Waals surface area (Å²) in [6, 6.07) is 4.33. The molecule has 0 fully saturated rings. The van der Waals surface area contributed by atoms with E-state index in [2.05, 4.69) is 15.0 Å². The van der Waals surface area contributed by atoms with E-state index in [-0.39, 0.29) is 17.1 Å². The molecule has 1 aromatic carbocycles. The Morgan fingerprint density at radius 3 is 2.58 bits per heavy atom. The molecule has 0 aliphatic heterocycles. The lowest BCUT2D eigenvalue weighted by Crippen LogP contribution is -2.27. The van der Waals surface area contributed by atoms with Crippen LogP contribution in [0.1, 0.15) is 10.5 Å². The van der Waals surface area contributed by atoms with Gasteiger partial charge in [0.25, 0.3) is 17.2 Å². The standard InChI is InChI=1S/C14H12N4O8/c1-25-10-4-7(18(23)24)2-3-8(10)15-12(20)6-26-13(21)9-5-11(19)17-14(22)16-9/h2-5H,6H2,1H3,(H,15,20)(H2,16,17,19,22). The van der Waals surface area contributed by atoms with E-state index in [1.165, 1.54) is 13.2 Å². The molecule has 1 aromatic heterocycles. The fourth-order valence-electron chi connectivity index (χ4n) is 1.87. The molecule has 0 atom stereocenters. The maximum atomic E-state index is 11.9. The van der Waals surface area contributed by atoms with Gasteiger partial charge in [-0.05, 0) is 6.07 Å². The monoisotopic (exact) mass is 364 g/mol. The molecule has 3 N–H and O–H groups in total. The Balaban J connectivity index is 2.02. The Morgan fingerprint density at radius 1 is 1.23 bits per heavy atom. The lowest BCUT2D eigenvalue weighted by atomic mass is 10.2. The molecular weight excluding hydrogens is 352 g/mol. The number of nitro groups is 1. The van der Waals surface area contributed by atoms with Crippen molar-refractivity contribution in [1.29, 1.82) is 0 Å². The van der Waals surface area contributed by atoms with Gasteiger partial charge in [0, 0.05) is 12.1 Å². The zero-order valence-electron chi connectivity index (χ0n) is 13.2. The maximum Gasteiger partial charge on any atom is 0.355 e. The molecule has 0 aliphatic carbocycles. The lowest BCUT2D eigenvalue weighted by molar-refractivity contribution is -0.384. The molecule has 26 heavy (non-hydrogen) atoms. The summed E-state index contributed by atoms with van der Waals surface area (Å²) in [4.78, 5) is 59.8. The Morgan fingerprint density at radius 2 is 1.96 bits per heavy atom. The smallest absolute Gasteiger partial charge is 0.355 e. The van der Waals surface area contributed by atoms with Crippen molar-refractivity contribution in [3.8, 4) is 5.75 Å². The third-order valence-electron chi connectivity index (χ3n) is 2.98. The zero-order valence-corrected chi connectivity index (χ0v) is 13.2. The highest BCUT2D eigenvalue weighted by molar-refractivity contribution is 5.95. The van der Waals surface area contributed by atoms with Crippen LogP contribution in [0, 0.1) is 10.1 Å². The van der Waals surface area contributed by atoms with E-state index in [0.29, 0.717) is 0 Å². The molecule has 0 aliphatic rings. The van der Waals surface area contributed by atoms with Crippen LogP contribution in [0.5, 0.6) is 5.75 Å². The minimum Gasteiger partial charge on any atom is -0.494 e. The average molecular weight is 364 g/mol. The number of nitrogens with one attached hydrogen (secondary N) is 3. The highest BCUT2D eigenvalue weighted by Crippen LogP contribution is 2.28. The van der Waals surface area contributed by atoms with Crippen LogP contribution in [0.15, 0.2) is 33.9 Å². The van der Waals surface area contributed by atoms with Gasteiger partial charge in [0.05, 0.1) is 23.8 Å². The Hall–Kier alpha value is -3.96. The van der Waals surface area contributed by atoms with Gasteiger partial charge in [-0.3, -0.25) is 24.7 Å². The van der Waals surface area contributed by atoms with E-state index in [0.717, 1.165) is 18.2 Å². The number of carbonyl (C=O) groups is 2. The van der Waals surface area contributed by atoms with Gasteiger partial charge in [0.1, 0.15) is 11.4 Å². The Bertz CT molecular complexity index is 949.